The van der Waals surface area contributed by atoms with Crippen molar-refractivity contribution in [1.82, 2.24) is 20.4 Å². The second kappa shape index (κ2) is 11.7. The zero-order valence-electron chi connectivity index (χ0n) is 23.0. The average Bonchev–Trinajstić information content (AvgIpc) is 3.37. The Morgan fingerprint density at radius 1 is 1.13 bits per heavy atom. The first-order valence-corrected chi connectivity index (χ1v) is 14.3. The van der Waals surface area contributed by atoms with Crippen molar-refractivity contribution in [3.8, 4) is 0 Å². The van der Waals surface area contributed by atoms with Crippen molar-refractivity contribution in [3.05, 3.63) is 98.2 Å². The predicted molar refractivity (Wildman–Crippen MR) is 153 cm³/mol. The van der Waals surface area contributed by atoms with Gasteiger partial charge in [0.25, 0.3) is 11.5 Å². The second-order valence-corrected chi connectivity index (χ2v) is 12.1. The molecule has 0 bridgehead atoms. The highest BCUT2D eigenvalue weighted by Crippen LogP contribution is 2.44. The smallest absolute Gasteiger partial charge is 0.267 e. The molecule has 0 saturated carbocycles. The fourth-order valence-electron chi connectivity index (χ4n) is 5.30. The van der Waals surface area contributed by atoms with Crippen LogP contribution in [-0.2, 0) is 11.2 Å². The molecule has 1 unspecified atom stereocenters. The van der Waals surface area contributed by atoms with Crippen molar-refractivity contribution in [1.29, 1.82) is 0 Å². The number of nitrogens with zero attached hydrogens (tertiary/aromatic N) is 2. The van der Waals surface area contributed by atoms with E-state index in [-0.39, 0.29) is 46.6 Å². The Labute approximate surface area is 232 Å². The Hall–Kier alpha value is -3.46. The molecule has 1 fully saturated rings. The van der Waals surface area contributed by atoms with Crippen LogP contribution in [0.25, 0.3) is 0 Å². The molecule has 2 heterocycles. The number of halogens is 1. The number of likely N-dealkylation sites (tertiary alicyclic amines) is 1. The molecule has 2 atom stereocenters. The number of benzene rings is 2. The van der Waals surface area contributed by atoms with Crippen molar-refractivity contribution in [2.75, 3.05) is 12.8 Å². The number of thioether (sulfide) groups is 1. The number of carbonyl (C=O) groups is 2. The van der Waals surface area contributed by atoms with Crippen molar-refractivity contribution in [3.63, 3.8) is 0 Å². The van der Waals surface area contributed by atoms with E-state index in [1.165, 1.54) is 12.1 Å². The Kier molecular flexibility index (Phi) is 8.59. The number of hydrogen-bond acceptors (Lipinski definition) is 5. The van der Waals surface area contributed by atoms with Crippen LogP contribution in [0.15, 0.2) is 53.3 Å². The lowest BCUT2D eigenvalue weighted by atomic mass is 9.99. The normalized spacial score (nSPS) is 17.3. The zero-order valence-corrected chi connectivity index (χ0v) is 23.8. The van der Waals surface area contributed by atoms with Crippen molar-refractivity contribution in [2.24, 2.45) is 0 Å². The molecule has 9 heteroatoms. The number of aromatic nitrogens is 2. The van der Waals surface area contributed by atoms with Gasteiger partial charge in [0.2, 0.25) is 5.91 Å². The Bertz CT molecular complexity index is 1440. The molecular weight excluding hydrogens is 515 g/mol. The van der Waals surface area contributed by atoms with Gasteiger partial charge in [-0.25, -0.2) is 9.49 Å². The summed E-state index contributed by atoms with van der Waals surface area (Å²) in [7, 11) is 0. The van der Waals surface area contributed by atoms with E-state index >= 15 is 0 Å². The van der Waals surface area contributed by atoms with Crippen LogP contribution in [0, 0.1) is 19.7 Å². The van der Waals surface area contributed by atoms with Crippen LogP contribution >= 0.6 is 11.8 Å². The molecule has 1 aliphatic heterocycles. The Balaban J connectivity index is 1.48. The maximum absolute atomic E-state index is 14.0. The molecule has 3 aromatic rings. The van der Waals surface area contributed by atoms with Crippen LogP contribution < -0.4 is 10.9 Å². The van der Waals surface area contributed by atoms with E-state index < -0.39 is 0 Å². The molecule has 4 rings (SSSR count). The summed E-state index contributed by atoms with van der Waals surface area (Å²) in [5.41, 5.74) is 4.10. The molecule has 39 heavy (non-hydrogen) atoms. The average molecular weight is 551 g/mol. The van der Waals surface area contributed by atoms with Gasteiger partial charge in [-0.1, -0.05) is 18.2 Å². The molecule has 0 spiro atoms. The standard InChI is InChI=1S/C30H35FN4O3S/c1-18-13-22(10-9-20(18)15-23-14-19(2)33-34-29(23)38)28(37)32-17-27(36)35-25(21-7-6-8-24(31)16-21)11-12-26(35)30(3,4)39-5/h6-10,13-14,16,25-26H,11-12,15,17H2,1-5H3,(H,32,37)(H,34,38)/t25-,26?/m0/s1. The lowest BCUT2D eigenvalue weighted by Crippen LogP contribution is -2.50. The highest BCUT2D eigenvalue weighted by molar-refractivity contribution is 8.00. The maximum atomic E-state index is 14.0. The highest BCUT2D eigenvalue weighted by atomic mass is 32.2. The minimum Gasteiger partial charge on any atom is -0.343 e. The minimum atomic E-state index is -0.349. The Morgan fingerprint density at radius 3 is 2.59 bits per heavy atom. The number of aromatic amines is 1. The van der Waals surface area contributed by atoms with Gasteiger partial charge in [0.15, 0.2) is 0 Å². The number of H-pyrrole nitrogens is 1. The topological polar surface area (TPSA) is 95.2 Å². The fraction of sp³-hybridized carbons (Fsp3) is 0.400. The molecule has 1 aromatic heterocycles. The van der Waals surface area contributed by atoms with E-state index in [9.17, 15) is 18.8 Å². The van der Waals surface area contributed by atoms with Crippen molar-refractivity contribution < 1.29 is 14.0 Å². The largest absolute Gasteiger partial charge is 0.343 e. The molecule has 0 radical (unpaired) electrons. The summed E-state index contributed by atoms with van der Waals surface area (Å²) >= 11 is 1.69. The first-order valence-electron chi connectivity index (χ1n) is 13.0. The third kappa shape index (κ3) is 6.41. The van der Waals surface area contributed by atoms with Gasteiger partial charge in [0.05, 0.1) is 18.3 Å². The van der Waals surface area contributed by atoms with Gasteiger partial charge in [-0.3, -0.25) is 14.4 Å². The highest BCUT2D eigenvalue weighted by Gasteiger charge is 2.44. The number of nitrogens with one attached hydrogen (secondary N) is 2. The summed E-state index contributed by atoms with van der Waals surface area (Å²) in [6, 6.07) is 13.2. The minimum absolute atomic E-state index is 0.0494. The number of amides is 2. The van der Waals surface area contributed by atoms with Crippen LogP contribution in [0.2, 0.25) is 0 Å². The monoisotopic (exact) mass is 550 g/mol. The van der Waals surface area contributed by atoms with Crippen molar-refractivity contribution in [2.45, 2.75) is 63.8 Å². The van der Waals surface area contributed by atoms with Crippen LogP contribution in [-0.4, -0.2) is 50.5 Å². The molecule has 2 amide bonds. The van der Waals surface area contributed by atoms with E-state index in [0.29, 0.717) is 17.5 Å². The van der Waals surface area contributed by atoms with Gasteiger partial charge in [-0.15, -0.1) is 0 Å². The van der Waals surface area contributed by atoms with E-state index in [0.717, 1.165) is 35.2 Å². The van der Waals surface area contributed by atoms with Gasteiger partial charge < -0.3 is 10.2 Å². The summed E-state index contributed by atoms with van der Waals surface area (Å²) in [6.45, 7) is 7.77. The molecule has 206 valence electrons. The van der Waals surface area contributed by atoms with Crippen LogP contribution in [0.4, 0.5) is 4.39 Å². The quantitative estimate of drug-likeness (QED) is 0.423. The van der Waals surface area contributed by atoms with E-state index in [2.05, 4.69) is 29.4 Å². The molecule has 7 nitrogen and oxygen atoms in total. The number of hydrogen-bond donors (Lipinski definition) is 2. The summed E-state index contributed by atoms with van der Waals surface area (Å²) in [5, 5.41) is 9.20. The van der Waals surface area contributed by atoms with Crippen LogP contribution in [0.3, 0.4) is 0 Å². The Morgan fingerprint density at radius 2 is 1.90 bits per heavy atom. The third-order valence-corrected chi connectivity index (χ3v) is 8.95. The van der Waals surface area contributed by atoms with E-state index in [4.69, 9.17) is 0 Å². The summed E-state index contributed by atoms with van der Waals surface area (Å²) in [5.74, 6) is -0.871. The number of rotatable bonds is 8. The van der Waals surface area contributed by atoms with Crippen LogP contribution in [0.1, 0.15) is 71.0 Å². The van der Waals surface area contributed by atoms with Gasteiger partial charge >= 0.3 is 0 Å². The fourth-order valence-corrected chi connectivity index (χ4v) is 5.80. The number of aryl methyl sites for hydroxylation is 2. The lowest BCUT2D eigenvalue weighted by molar-refractivity contribution is -0.133. The molecule has 1 saturated heterocycles. The molecule has 2 aromatic carbocycles. The van der Waals surface area contributed by atoms with Gasteiger partial charge in [-0.2, -0.15) is 16.9 Å². The SMILES string of the molecule is CSC(C)(C)C1CC[C@@H](c2cccc(F)c2)N1C(=O)CNC(=O)c1ccc(Cc2cc(C)n[nH]c2=O)c(C)c1. The van der Waals surface area contributed by atoms with Gasteiger partial charge in [-0.05, 0) is 93.8 Å². The molecule has 0 aliphatic carbocycles. The molecule has 1 aliphatic rings. The maximum Gasteiger partial charge on any atom is 0.267 e. The molecule has 2 N–H and O–H groups in total. The van der Waals surface area contributed by atoms with Crippen molar-refractivity contribution >= 4 is 23.6 Å². The lowest BCUT2D eigenvalue weighted by Gasteiger charge is -2.39. The number of carbonyl (C=O) groups excluding carboxylic acids is 2. The van der Waals surface area contributed by atoms with Gasteiger partial charge in [0.1, 0.15) is 5.82 Å². The summed E-state index contributed by atoms with van der Waals surface area (Å²) in [6.07, 6.45) is 3.99. The van der Waals surface area contributed by atoms with E-state index in [1.54, 1.807) is 36.0 Å². The predicted octanol–water partition coefficient (Wildman–Crippen LogP) is 4.72. The first kappa shape index (κ1) is 28.5. The summed E-state index contributed by atoms with van der Waals surface area (Å²) < 4.78 is 13.8. The third-order valence-electron chi connectivity index (χ3n) is 7.63. The molecular formula is C30H35FN4O3S. The van der Waals surface area contributed by atoms with Gasteiger partial charge in [0, 0.05) is 28.3 Å². The summed E-state index contributed by atoms with van der Waals surface area (Å²) in [4.78, 5) is 40.6. The zero-order chi connectivity index (χ0) is 28.3. The van der Waals surface area contributed by atoms with E-state index in [1.807, 2.05) is 37.1 Å². The second-order valence-electron chi connectivity index (χ2n) is 10.6. The first-order chi connectivity index (χ1) is 18.5. The van der Waals surface area contributed by atoms with Crippen LogP contribution in [0.5, 0.6) is 0 Å².